The molecule has 7 heteroatoms. The number of carbonyl (C=O) groups is 2. The molecule has 3 rings (SSSR count). The minimum absolute atomic E-state index is 0.0987. The van der Waals surface area contributed by atoms with Gasteiger partial charge in [-0.15, -0.1) is 0 Å². The first kappa shape index (κ1) is 17.5. The number of rotatable bonds is 7. The molecular weight excluding hydrogens is 332 g/mol. The topological polar surface area (TPSA) is 96.1 Å². The number of hydrogen-bond acceptors (Lipinski definition) is 4. The molecule has 0 fully saturated rings. The van der Waals surface area contributed by atoms with Gasteiger partial charge in [0.25, 0.3) is 0 Å². The number of benzene rings is 2. The number of nitrogens with one attached hydrogen (secondary N) is 3. The molecule has 7 nitrogen and oxygen atoms in total. The summed E-state index contributed by atoms with van der Waals surface area (Å²) in [5.41, 5.74) is 2.64. The lowest BCUT2D eigenvalue weighted by molar-refractivity contribution is -0.124. The van der Waals surface area contributed by atoms with Gasteiger partial charge in [0.05, 0.1) is 24.7 Å². The number of hydrogen-bond donors (Lipinski definition) is 3. The van der Waals surface area contributed by atoms with Crippen molar-refractivity contribution in [3.8, 4) is 5.75 Å². The first-order chi connectivity index (χ1) is 12.6. The summed E-state index contributed by atoms with van der Waals surface area (Å²) in [5, 5.41) is 5.25. The number of methoxy groups -OCH3 is 1. The van der Waals surface area contributed by atoms with Gasteiger partial charge in [0, 0.05) is 6.42 Å². The highest BCUT2D eigenvalue weighted by Crippen LogP contribution is 2.13. The fourth-order valence-electron chi connectivity index (χ4n) is 2.51. The molecular formula is C19H20N4O3. The summed E-state index contributed by atoms with van der Waals surface area (Å²) in [4.78, 5) is 31.1. The molecule has 2 aromatic carbocycles. The van der Waals surface area contributed by atoms with Crippen LogP contribution < -0.4 is 15.4 Å². The van der Waals surface area contributed by atoms with Gasteiger partial charge in [-0.05, 0) is 36.2 Å². The van der Waals surface area contributed by atoms with Crippen molar-refractivity contribution in [1.29, 1.82) is 0 Å². The maximum Gasteiger partial charge on any atom is 0.246 e. The summed E-state index contributed by atoms with van der Waals surface area (Å²) >= 11 is 0. The van der Waals surface area contributed by atoms with Crippen LogP contribution in [0.2, 0.25) is 0 Å². The van der Waals surface area contributed by atoms with Crippen LogP contribution in [0, 0.1) is 0 Å². The van der Waals surface area contributed by atoms with E-state index in [2.05, 4.69) is 20.6 Å². The number of H-pyrrole nitrogens is 1. The highest BCUT2D eigenvalue weighted by atomic mass is 16.5. The Morgan fingerprint density at radius 2 is 1.85 bits per heavy atom. The van der Waals surface area contributed by atoms with Gasteiger partial charge in [0.2, 0.25) is 17.8 Å². The van der Waals surface area contributed by atoms with Crippen LogP contribution in [0.3, 0.4) is 0 Å². The standard InChI is InChI=1S/C19H20N4O3/c1-26-14-9-6-13(7-10-14)8-11-17(24)20-12-18(25)23-19-21-15-4-2-3-5-16(15)22-19/h2-7,9-10H,8,11-12H2,1H3,(H,20,24)(H2,21,22,23,25). The highest BCUT2D eigenvalue weighted by molar-refractivity contribution is 5.94. The summed E-state index contributed by atoms with van der Waals surface area (Å²) < 4.78 is 5.10. The van der Waals surface area contributed by atoms with E-state index in [1.165, 1.54) is 0 Å². The Labute approximate surface area is 150 Å². The molecule has 134 valence electrons. The molecule has 0 aliphatic heterocycles. The number of amides is 2. The number of nitrogens with zero attached hydrogens (tertiary/aromatic N) is 1. The third-order valence-corrected chi connectivity index (χ3v) is 3.89. The molecule has 26 heavy (non-hydrogen) atoms. The lowest BCUT2D eigenvalue weighted by atomic mass is 10.1. The number of ether oxygens (including phenoxy) is 1. The maximum absolute atomic E-state index is 11.9. The Bertz CT molecular complexity index is 870. The summed E-state index contributed by atoms with van der Waals surface area (Å²) in [5.74, 6) is 0.631. The predicted molar refractivity (Wildman–Crippen MR) is 99.0 cm³/mol. The summed E-state index contributed by atoms with van der Waals surface area (Å²) in [6.07, 6.45) is 0.908. The monoisotopic (exact) mass is 352 g/mol. The van der Waals surface area contributed by atoms with E-state index in [0.29, 0.717) is 18.8 Å². The largest absolute Gasteiger partial charge is 0.497 e. The second-order valence-electron chi connectivity index (χ2n) is 5.78. The second-order valence-corrected chi connectivity index (χ2v) is 5.78. The zero-order valence-electron chi connectivity index (χ0n) is 14.4. The number of aromatic nitrogens is 2. The molecule has 0 spiro atoms. The molecule has 1 aromatic heterocycles. The van der Waals surface area contributed by atoms with Crippen LogP contribution in [-0.2, 0) is 16.0 Å². The number of fused-ring (bicyclic) bond motifs is 1. The van der Waals surface area contributed by atoms with Crippen molar-refractivity contribution in [2.45, 2.75) is 12.8 Å². The Morgan fingerprint density at radius 1 is 1.08 bits per heavy atom. The minimum Gasteiger partial charge on any atom is -0.497 e. The quantitative estimate of drug-likeness (QED) is 0.608. The van der Waals surface area contributed by atoms with E-state index in [4.69, 9.17) is 4.74 Å². The lowest BCUT2D eigenvalue weighted by Gasteiger charge is -2.06. The average Bonchev–Trinajstić information content (AvgIpc) is 3.07. The SMILES string of the molecule is COc1ccc(CCC(=O)NCC(=O)Nc2nc3ccccc3[nH]2)cc1. The average molecular weight is 352 g/mol. The Morgan fingerprint density at radius 3 is 2.58 bits per heavy atom. The molecule has 3 aromatic rings. The van der Waals surface area contributed by atoms with Crippen molar-refractivity contribution in [1.82, 2.24) is 15.3 Å². The smallest absolute Gasteiger partial charge is 0.246 e. The Kier molecular flexibility index (Phi) is 5.48. The molecule has 0 bridgehead atoms. The fourth-order valence-corrected chi connectivity index (χ4v) is 2.51. The van der Waals surface area contributed by atoms with Crippen LogP contribution in [-0.4, -0.2) is 35.4 Å². The molecule has 0 aliphatic carbocycles. The van der Waals surface area contributed by atoms with Crippen molar-refractivity contribution in [2.75, 3.05) is 19.0 Å². The van der Waals surface area contributed by atoms with E-state index in [1.54, 1.807) is 7.11 Å². The zero-order chi connectivity index (χ0) is 18.4. The third-order valence-electron chi connectivity index (χ3n) is 3.89. The van der Waals surface area contributed by atoms with Crippen LogP contribution in [0.5, 0.6) is 5.75 Å². The van der Waals surface area contributed by atoms with Gasteiger partial charge < -0.3 is 15.0 Å². The summed E-state index contributed by atoms with van der Waals surface area (Å²) in [7, 11) is 1.61. The number of anilines is 1. The van der Waals surface area contributed by atoms with Gasteiger partial charge in [-0.1, -0.05) is 24.3 Å². The summed E-state index contributed by atoms with van der Waals surface area (Å²) in [6.45, 7) is -0.0987. The maximum atomic E-state index is 11.9. The number of aromatic amines is 1. The van der Waals surface area contributed by atoms with E-state index in [9.17, 15) is 9.59 Å². The fraction of sp³-hybridized carbons (Fsp3) is 0.211. The molecule has 2 amide bonds. The van der Waals surface area contributed by atoms with Gasteiger partial charge in [-0.2, -0.15) is 0 Å². The number of carbonyl (C=O) groups excluding carboxylic acids is 2. The van der Waals surface area contributed by atoms with Crippen LogP contribution in [0.25, 0.3) is 11.0 Å². The van der Waals surface area contributed by atoms with Gasteiger partial charge in [0.15, 0.2) is 0 Å². The normalized spacial score (nSPS) is 10.5. The van der Waals surface area contributed by atoms with Gasteiger partial charge in [-0.25, -0.2) is 4.98 Å². The lowest BCUT2D eigenvalue weighted by Crippen LogP contribution is -2.33. The van der Waals surface area contributed by atoms with Gasteiger partial charge in [0.1, 0.15) is 5.75 Å². The van der Waals surface area contributed by atoms with Gasteiger partial charge >= 0.3 is 0 Å². The highest BCUT2D eigenvalue weighted by Gasteiger charge is 2.09. The second kappa shape index (κ2) is 8.15. The van der Waals surface area contributed by atoms with Crippen molar-refractivity contribution in [3.63, 3.8) is 0 Å². The Hall–Kier alpha value is -3.35. The third kappa shape index (κ3) is 4.60. The van der Waals surface area contributed by atoms with E-state index in [0.717, 1.165) is 22.3 Å². The van der Waals surface area contributed by atoms with Crippen molar-refractivity contribution in [2.24, 2.45) is 0 Å². The molecule has 1 heterocycles. The van der Waals surface area contributed by atoms with Crippen LogP contribution in [0.4, 0.5) is 5.95 Å². The molecule has 0 radical (unpaired) electrons. The van der Waals surface area contributed by atoms with E-state index >= 15 is 0 Å². The number of aryl methyl sites for hydroxylation is 1. The van der Waals surface area contributed by atoms with Crippen molar-refractivity contribution in [3.05, 3.63) is 54.1 Å². The van der Waals surface area contributed by atoms with Crippen molar-refractivity contribution >= 4 is 28.8 Å². The number of imidazole rings is 1. The predicted octanol–water partition coefficient (Wildman–Crippen LogP) is 2.26. The number of para-hydroxylation sites is 2. The van der Waals surface area contributed by atoms with Crippen molar-refractivity contribution < 1.29 is 14.3 Å². The van der Waals surface area contributed by atoms with Crippen LogP contribution in [0.15, 0.2) is 48.5 Å². The molecule has 0 unspecified atom stereocenters. The molecule has 3 N–H and O–H groups in total. The van der Waals surface area contributed by atoms with Crippen LogP contribution >= 0.6 is 0 Å². The van der Waals surface area contributed by atoms with E-state index < -0.39 is 0 Å². The molecule has 0 saturated carbocycles. The van der Waals surface area contributed by atoms with E-state index in [1.807, 2.05) is 48.5 Å². The van der Waals surface area contributed by atoms with E-state index in [-0.39, 0.29) is 18.4 Å². The van der Waals surface area contributed by atoms with Gasteiger partial charge in [-0.3, -0.25) is 14.9 Å². The molecule has 0 saturated heterocycles. The zero-order valence-corrected chi connectivity index (χ0v) is 14.4. The Balaban J connectivity index is 1.42. The molecule has 0 aliphatic rings. The van der Waals surface area contributed by atoms with Crippen LogP contribution in [0.1, 0.15) is 12.0 Å². The summed E-state index contributed by atoms with van der Waals surface area (Å²) in [6, 6.07) is 15.0. The molecule has 0 atom stereocenters. The first-order valence-electron chi connectivity index (χ1n) is 8.28. The first-order valence-corrected chi connectivity index (χ1v) is 8.28. The minimum atomic E-state index is -0.332.